The average Bonchev–Trinajstić information content (AvgIpc) is 2.72. The lowest BCUT2D eigenvalue weighted by Gasteiger charge is -2.30. The van der Waals surface area contributed by atoms with E-state index in [0.717, 1.165) is 12.8 Å². The molecule has 1 N–H and O–H groups in total. The lowest BCUT2D eigenvalue weighted by molar-refractivity contribution is -0.122. The van der Waals surface area contributed by atoms with Gasteiger partial charge in [-0.25, -0.2) is 4.79 Å². The molecule has 0 bridgehead atoms. The molecule has 0 aromatic carbocycles. The van der Waals surface area contributed by atoms with Crippen molar-refractivity contribution < 1.29 is 19.4 Å². The minimum atomic E-state index is -0.402. The third-order valence-corrected chi connectivity index (χ3v) is 3.87. The predicted molar refractivity (Wildman–Crippen MR) is 94.7 cm³/mol. The minimum Gasteiger partial charge on any atom is -0.483 e. The Bertz CT molecular complexity index is 323. The number of hydrogen-bond acceptors (Lipinski definition) is 3. The molecule has 1 aliphatic heterocycles. The second-order valence-electron chi connectivity index (χ2n) is 6.99. The van der Waals surface area contributed by atoms with Gasteiger partial charge in [-0.15, -0.1) is 0 Å². The molecule has 5 nitrogen and oxygen atoms in total. The van der Waals surface area contributed by atoms with Crippen molar-refractivity contribution in [2.24, 2.45) is 5.92 Å². The van der Waals surface area contributed by atoms with Gasteiger partial charge in [-0.1, -0.05) is 40.0 Å². The molecule has 0 radical (unpaired) electrons. The quantitative estimate of drug-likeness (QED) is 0.728. The largest absolute Gasteiger partial charge is 0.483 e. The van der Waals surface area contributed by atoms with E-state index in [2.05, 4.69) is 34.6 Å². The summed E-state index contributed by atoms with van der Waals surface area (Å²) in [5.41, 5.74) is -0.402. The van der Waals surface area contributed by atoms with Gasteiger partial charge in [-0.2, -0.15) is 0 Å². The summed E-state index contributed by atoms with van der Waals surface area (Å²) in [5.74, 6) is 0.613. The SMILES string of the molecule is CCC1CC(C)N(C(=O)OC(C)(C)C)C1C.CCCC.O=CO. The molecule has 3 atom stereocenters. The highest BCUT2D eigenvalue weighted by Gasteiger charge is 2.39. The number of amides is 1. The first kappa shape index (κ1) is 24.0. The van der Waals surface area contributed by atoms with E-state index in [-0.39, 0.29) is 12.6 Å². The van der Waals surface area contributed by atoms with Gasteiger partial charge in [0.1, 0.15) is 5.60 Å². The van der Waals surface area contributed by atoms with Crippen LogP contribution in [0.4, 0.5) is 4.79 Å². The third kappa shape index (κ3) is 10.2. The fraction of sp³-hybridized carbons (Fsp3) is 0.889. The molecule has 0 aromatic rings. The highest BCUT2D eigenvalue weighted by Crippen LogP contribution is 2.32. The molecule has 0 aromatic heterocycles. The van der Waals surface area contributed by atoms with Crippen LogP contribution < -0.4 is 0 Å². The van der Waals surface area contributed by atoms with E-state index in [4.69, 9.17) is 14.6 Å². The van der Waals surface area contributed by atoms with Crippen LogP contribution in [-0.2, 0) is 9.53 Å². The Kier molecular flexibility index (Phi) is 12.7. The number of likely N-dealkylation sites (tertiary alicyclic amines) is 1. The highest BCUT2D eigenvalue weighted by atomic mass is 16.6. The summed E-state index contributed by atoms with van der Waals surface area (Å²) in [6, 6.07) is 0.602. The standard InChI is InChI=1S/C13H25NO2.C4H10.CH2O2/c1-7-11-8-9(2)14(10(11)3)12(15)16-13(4,5)6;1-3-4-2;2-1-3/h9-11H,7-8H2,1-6H3;3-4H2,1-2H3;1H,(H,2,3). The molecule has 0 spiro atoms. The van der Waals surface area contributed by atoms with Crippen LogP contribution in [0, 0.1) is 5.92 Å². The van der Waals surface area contributed by atoms with E-state index >= 15 is 0 Å². The monoisotopic (exact) mass is 331 g/mol. The number of carbonyl (C=O) groups is 2. The van der Waals surface area contributed by atoms with Gasteiger partial charge < -0.3 is 14.7 Å². The molecule has 1 amide bonds. The van der Waals surface area contributed by atoms with Crippen molar-refractivity contribution in [3.05, 3.63) is 0 Å². The van der Waals surface area contributed by atoms with Gasteiger partial charge in [0.25, 0.3) is 6.47 Å². The summed E-state index contributed by atoms with van der Waals surface area (Å²) < 4.78 is 5.44. The van der Waals surface area contributed by atoms with Gasteiger partial charge in [-0.05, 0) is 47.0 Å². The van der Waals surface area contributed by atoms with E-state index in [1.807, 2.05) is 25.7 Å². The van der Waals surface area contributed by atoms with Crippen molar-refractivity contribution in [3.63, 3.8) is 0 Å². The molecule has 1 saturated heterocycles. The van der Waals surface area contributed by atoms with Gasteiger partial charge in [0, 0.05) is 12.1 Å². The third-order valence-electron chi connectivity index (χ3n) is 3.87. The number of rotatable bonds is 2. The van der Waals surface area contributed by atoms with Crippen LogP contribution in [-0.4, -0.2) is 40.3 Å². The van der Waals surface area contributed by atoms with Crippen LogP contribution in [0.3, 0.4) is 0 Å². The van der Waals surface area contributed by atoms with E-state index in [0.29, 0.717) is 18.0 Å². The molecule has 1 heterocycles. The van der Waals surface area contributed by atoms with Crippen molar-refractivity contribution >= 4 is 12.6 Å². The zero-order valence-corrected chi connectivity index (χ0v) is 16.3. The summed E-state index contributed by atoms with van der Waals surface area (Å²) in [7, 11) is 0. The molecule has 23 heavy (non-hydrogen) atoms. The Hall–Kier alpha value is -1.26. The molecule has 1 rings (SSSR count). The van der Waals surface area contributed by atoms with Crippen LogP contribution >= 0.6 is 0 Å². The van der Waals surface area contributed by atoms with Gasteiger partial charge in [0.15, 0.2) is 0 Å². The molecule has 3 unspecified atom stereocenters. The van der Waals surface area contributed by atoms with E-state index in [1.54, 1.807) is 0 Å². The van der Waals surface area contributed by atoms with Crippen LogP contribution in [0.1, 0.15) is 81.1 Å². The van der Waals surface area contributed by atoms with Crippen molar-refractivity contribution in [3.8, 4) is 0 Å². The second kappa shape index (κ2) is 12.2. The minimum absolute atomic E-state index is 0.163. The van der Waals surface area contributed by atoms with E-state index < -0.39 is 5.60 Å². The number of unbranched alkanes of at least 4 members (excludes halogenated alkanes) is 1. The van der Waals surface area contributed by atoms with Crippen molar-refractivity contribution in [2.45, 2.75) is 98.8 Å². The zero-order valence-electron chi connectivity index (χ0n) is 16.3. The summed E-state index contributed by atoms with van der Waals surface area (Å²) >= 11 is 0. The van der Waals surface area contributed by atoms with E-state index in [1.165, 1.54) is 12.8 Å². The van der Waals surface area contributed by atoms with Crippen molar-refractivity contribution in [1.82, 2.24) is 4.90 Å². The Morgan fingerprint density at radius 2 is 1.65 bits per heavy atom. The predicted octanol–water partition coefficient (Wildman–Crippen LogP) is 4.94. The number of carbonyl (C=O) groups excluding carboxylic acids is 1. The molecule has 0 saturated carbocycles. The molecule has 0 aliphatic carbocycles. The zero-order chi connectivity index (χ0) is 18.6. The number of carboxylic acid groups (broad SMARTS) is 1. The van der Waals surface area contributed by atoms with Gasteiger partial charge >= 0.3 is 6.09 Å². The summed E-state index contributed by atoms with van der Waals surface area (Å²) in [6.45, 7) is 16.3. The normalized spacial score (nSPS) is 23.1. The Morgan fingerprint density at radius 3 is 1.91 bits per heavy atom. The number of nitrogens with zero attached hydrogens (tertiary/aromatic N) is 1. The van der Waals surface area contributed by atoms with Crippen molar-refractivity contribution in [2.75, 3.05) is 0 Å². The first-order valence-corrected chi connectivity index (χ1v) is 8.68. The number of ether oxygens (including phenoxy) is 1. The van der Waals surface area contributed by atoms with Crippen LogP contribution in [0.15, 0.2) is 0 Å². The molecule has 5 heteroatoms. The summed E-state index contributed by atoms with van der Waals surface area (Å²) in [6.07, 6.45) is 4.70. The second-order valence-corrected chi connectivity index (χ2v) is 6.99. The Balaban J connectivity index is 0. The Morgan fingerprint density at radius 1 is 1.22 bits per heavy atom. The van der Waals surface area contributed by atoms with E-state index in [9.17, 15) is 4.79 Å². The molecule has 138 valence electrons. The van der Waals surface area contributed by atoms with Crippen molar-refractivity contribution in [1.29, 1.82) is 0 Å². The maximum Gasteiger partial charge on any atom is 0.410 e. The van der Waals surface area contributed by atoms with Crippen LogP contribution in [0.2, 0.25) is 0 Å². The molecule has 1 fully saturated rings. The summed E-state index contributed by atoms with van der Waals surface area (Å²) in [5, 5.41) is 6.89. The maximum atomic E-state index is 12.0. The maximum absolute atomic E-state index is 12.0. The highest BCUT2D eigenvalue weighted by molar-refractivity contribution is 5.69. The fourth-order valence-corrected chi connectivity index (χ4v) is 2.55. The molecular formula is C18H37NO4. The van der Waals surface area contributed by atoms with Gasteiger partial charge in [0.05, 0.1) is 0 Å². The Labute approximate surface area is 142 Å². The topological polar surface area (TPSA) is 66.8 Å². The molecule has 1 aliphatic rings. The first-order chi connectivity index (χ1) is 10.6. The first-order valence-electron chi connectivity index (χ1n) is 8.68. The smallest absolute Gasteiger partial charge is 0.410 e. The van der Waals surface area contributed by atoms with Crippen LogP contribution in [0.5, 0.6) is 0 Å². The lowest BCUT2D eigenvalue weighted by Crippen LogP contribution is -2.43. The summed E-state index contributed by atoms with van der Waals surface area (Å²) in [4.78, 5) is 22.3. The van der Waals surface area contributed by atoms with Gasteiger partial charge in [0.2, 0.25) is 0 Å². The lowest BCUT2D eigenvalue weighted by atomic mass is 9.98. The average molecular weight is 331 g/mol. The fourth-order valence-electron chi connectivity index (χ4n) is 2.55. The number of hydrogen-bond donors (Lipinski definition) is 1. The molecular weight excluding hydrogens is 294 g/mol. The van der Waals surface area contributed by atoms with Gasteiger partial charge in [-0.3, -0.25) is 4.79 Å². The van der Waals surface area contributed by atoms with Crippen LogP contribution in [0.25, 0.3) is 0 Å².